The Balaban J connectivity index is 2.34. The zero-order chi connectivity index (χ0) is 12.5. The zero-order valence-electron chi connectivity index (χ0n) is 10.4. The number of ether oxygens (including phenoxy) is 1. The highest BCUT2D eigenvalue weighted by atomic mass is 16.5. The largest absolute Gasteiger partial charge is 0.480 e. The summed E-state index contributed by atoms with van der Waals surface area (Å²) in [6.45, 7) is 2.05. The predicted molar refractivity (Wildman–Crippen MR) is 71.9 cm³/mol. The first-order chi connectivity index (χ1) is 8.81. The number of benzene rings is 1. The van der Waals surface area contributed by atoms with Gasteiger partial charge in [0, 0.05) is 11.3 Å². The molecule has 3 heteroatoms. The molecule has 0 amide bonds. The molecule has 3 rings (SSSR count). The number of aryl methyl sites for hydroxylation is 1. The summed E-state index contributed by atoms with van der Waals surface area (Å²) in [7, 11) is 1.68. The van der Waals surface area contributed by atoms with E-state index in [9.17, 15) is 0 Å². The van der Waals surface area contributed by atoms with Gasteiger partial charge in [-0.15, -0.1) is 0 Å². The molecule has 0 fully saturated rings. The molecule has 2 heterocycles. The van der Waals surface area contributed by atoms with E-state index in [4.69, 9.17) is 4.74 Å². The van der Waals surface area contributed by atoms with Gasteiger partial charge in [0.2, 0.25) is 5.88 Å². The van der Waals surface area contributed by atoms with Crippen LogP contribution in [0.5, 0.6) is 5.88 Å². The van der Waals surface area contributed by atoms with Gasteiger partial charge >= 0.3 is 0 Å². The third-order valence-electron chi connectivity index (χ3n) is 3.04. The standard InChI is InChI=1S/C15H14N2O/c1-11-7-6-10-13-16-14(15(18-2)17(11)13)12-8-4-3-5-9-12/h3-10H,1-2H3. The first kappa shape index (κ1) is 10.8. The van der Waals surface area contributed by atoms with Gasteiger partial charge < -0.3 is 4.74 Å². The number of nitrogens with zero attached hydrogens (tertiary/aromatic N) is 2. The molecule has 0 atom stereocenters. The summed E-state index contributed by atoms with van der Waals surface area (Å²) in [6.07, 6.45) is 0. The van der Waals surface area contributed by atoms with Gasteiger partial charge in [-0.05, 0) is 19.1 Å². The van der Waals surface area contributed by atoms with Crippen LogP contribution in [0.2, 0.25) is 0 Å². The number of fused-ring (bicyclic) bond motifs is 1. The molecule has 0 unspecified atom stereocenters. The van der Waals surface area contributed by atoms with Crippen molar-refractivity contribution in [3.63, 3.8) is 0 Å². The third-order valence-corrected chi connectivity index (χ3v) is 3.04. The molecule has 0 radical (unpaired) electrons. The summed E-state index contributed by atoms with van der Waals surface area (Å²) in [6, 6.07) is 16.1. The lowest BCUT2D eigenvalue weighted by molar-refractivity contribution is 0.395. The second-order valence-electron chi connectivity index (χ2n) is 4.20. The molecule has 0 spiro atoms. The Morgan fingerprint density at radius 2 is 1.78 bits per heavy atom. The van der Waals surface area contributed by atoms with Gasteiger partial charge in [-0.3, -0.25) is 4.40 Å². The maximum Gasteiger partial charge on any atom is 0.226 e. The van der Waals surface area contributed by atoms with Crippen LogP contribution in [0.15, 0.2) is 48.5 Å². The molecule has 0 aliphatic carbocycles. The van der Waals surface area contributed by atoms with E-state index in [1.807, 2.05) is 59.9 Å². The Morgan fingerprint density at radius 3 is 2.50 bits per heavy atom. The van der Waals surface area contributed by atoms with Crippen molar-refractivity contribution < 1.29 is 4.74 Å². The molecule has 90 valence electrons. The van der Waals surface area contributed by atoms with Gasteiger partial charge in [-0.1, -0.05) is 36.4 Å². The minimum atomic E-state index is 0.786. The van der Waals surface area contributed by atoms with E-state index in [1.54, 1.807) is 7.11 Å². The molecule has 0 saturated heterocycles. The molecule has 3 nitrogen and oxygen atoms in total. The van der Waals surface area contributed by atoms with Crippen LogP contribution in [0.1, 0.15) is 5.69 Å². The van der Waals surface area contributed by atoms with Crippen molar-refractivity contribution in [3.8, 4) is 17.1 Å². The summed E-state index contributed by atoms with van der Waals surface area (Å²) in [4.78, 5) is 4.65. The monoisotopic (exact) mass is 238 g/mol. The van der Waals surface area contributed by atoms with E-state index in [1.165, 1.54) is 0 Å². The first-order valence-electron chi connectivity index (χ1n) is 5.89. The Morgan fingerprint density at radius 1 is 1.00 bits per heavy atom. The number of rotatable bonds is 2. The van der Waals surface area contributed by atoms with Crippen molar-refractivity contribution in [1.29, 1.82) is 0 Å². The van der Waals surface area contributed by atoms with E-state index in [-0.39, 0.29) is 0 Å². The molecule has 1 aromatic carbocycles. The van der Waals surface area contributed by atoms with Crippen molar-refractivity contribution in [1.82, 2.24) is 9.38 Å². The van der Waals surface area contributed by atoms with Gasteiger partial charge in [0.25, 0.3) is 0 Å². The quantitative estimate of drug-likeness (QED) is 0.684. The second kappa shape index (κ2) is 4.18. The maximum atomic E-state index is 5.53. The fraction of sp³-hybridized carbons (Fsp3) is 0.133. The number of methoxy groups -OCH3 is 1. The lowest BCUT2D eigenvalue weighted by Gasteiger charge is -2.05. The van der Waals surface area contributed by atoms with Crippen LogP contribution in [-0.4, -0.2) is 16.5 Å². The maximum absolute atomic E-state index is 5.53. The Hall–Kier alpha value is -2.29. The van der Waals surface area contributed by atoms with E-state index in [2.05, 4.69) is 4.98 Å². The number of imidazole rings is 1. The van der Waals surface area contributed by atoms with Gasteiger partial charge in [-0.25, -0.2) is 4.98 Å². The molecular formula is C15H14N2O. The average molecular weight is 238 g/mol. The van der Waals surface area contributed by atoms with E-state index in [0.29, 0.717) is 0 Å². The lowest BCUT2D eigenvalue weighted by atomic mass is 10.2. The van der Waals surface area contributed by atoms with Crippen LogP contribution in [0.3, 0.4) is 0 Å². The van der Waals surface area contributed by atoms with Crippen LogP contribution in [0.25, 0.3) is 16.9 Å². The third kappa shape index (κ3) is 1.56. The highest BCUT2D eigenvalue weighted by molar-refractivity contribution is 5.69. The van der Waals surface area contributed by atoms with Crippen LogP contribution < -0.4 is 4.74 Å². The highest BCUT2D eigenvalue weighted by Crippen LogP contribution is 2.31. The van der Waals surface area contributed by atoms with Gasteiger partial charge in [0.15, 0.2) is 0 Å². The van der Waals surface area contributed by atoms with Crippen LogP contribution in [0, 0.1) is 6.92 Å². The number of hydrogen-bond acceptors (Lipinski definition) is 2. The molecule has 0 aliphatic rings. The molecule has 18 heavy (non-hydrogen) atoms. The van der Waals surface area contributed by atoms with Crippen LogP contribution in [-0.2, 0) is 0 Å². The SMILES string of the molecule is COc1c(-c2ccccc2)nc2cccc(C)n12. The number of pyridine rings is 1. The average Bonchev–Trinajstić information content (AvgIpc) is 2.79. The molecular weight excluding hydrogens is 224 g/mol. The Kier molecular flexibility index (Phi) is 2.52. The van der Waals surface area contributed by atoms with Crippen molar-refractivity contribution in [2.75, 3.05) is 7.11 Å². The molecule has 0 aliphatic heterocycles. The molecule has 3 aromatic rings. The summed E-state index contributed by atoms with van der Waals surface area (Å²) < 4.78 is 7.56. The highest BCUT2D eigenvalue weighted by Gasteiger charge is 2.15. The summed E-state index contributed by atoms with van der Waals surface area (Å²) >= 11 is 0. The van der Waals surface area contributed by atoms with Crippen molar-refractivity contribution in [3.05, 3.63) is 54.2 Å². The van der Waals surface area contributed by atoms with Gasteiger partial charge in [0.1, 0.15) is 11.3 Å². The fourth-order valence-corrected chi connectivity index (χ4v) is 2.19. The second-order valence-corrected chi connectivity index (χ2v) is 4.20. The molecule has 0 bridgehead atoms. The topological polar surface area (TPSA) is 26.5 Å². The predicted octanol–water partition coefficient (Wildman–Crippen LogP) is 3.32. The van der Waals surface area contributed by atoms with Crippen molar-refractivity contribution >= 4 is 5.65 Å². The summed E-state index contributed by atoms with van der Waals surface area (Å²) in [5, 5.41) is 0. The number of hydrogen-bond donors (Lipinski definition) is 0. The molecule has 0 saturated carbocycles. The zero-order valence-corrected chi connectivity index (χ0v) is 10.4. The first-order valence-corrected chi connectivity index (χ1v) is 5.89. The molecule has 2 aromatic heterocycles. The van der Waals surface area contributed by atoms with E-state index >= 15 is 0 Å². The Bertz CT molecular complexity index is 686. The van der Waals surface area contributed by atoms with Crippen molar-refractivity contribution in [2.45, 2.75) is 6.92 Å². The minimum absolute atomic E-state index is 0.786. The minimum Gasteiger partial charge on any atom is -0.480 e. The van der Waals surface area contributed by atoms with Gasteiger partial charge in [-0.2, -0.15) is 0 Å². The Labute approximate surface area is 106 Å². The smallest absolute Gasteiger partial charge is 0.226 e. The van der Waals surface area contributed by atoms with Crippen molar-refractivity contribution in [2.24, 2.45) is 0 Å². The van der Waals surface area contributed by atoms with E-state index < -0.39 is 0 Å². The normalized spacial score (nSPS) is 10.8. The number of aromatic nitrogens is 2. The van der Waals surface area contributed by atoms with Gasteiger partial charge in [0.05, 0.1) is 7.11 Å². The van der Waals surface area contributed by atoms with Crippen LogP contribution in [0.4, 0.5) is 0 Å². The lowest BCUT2D eigenvalue weighted by Crippen LogP contribution is -1.95. The summed E-state index contributed by atoms with van der Waals surface area (Å²) in [5.74, 6) is 0.786. The molecule has 0 N–H and O–H groups in total. The summed E-state index contributed by atoms with van der Waals surface area (Å²) in [5.41, 5.74) is 3.97. The fourth-order valence-electron chi connectivity index (χ4n) is 2.19. The van der Waals surface area contributed by atoms with E-state index in [0.717, 1.165) is 28.5 Å². The van der Waals surface area contributed by atoms with Crippen LogP contribution >= 0.6 is 0 Å².